The predicted molar refractivity (Wildman–Crippen MR) is 64.7 cm³/mol. The summed E-state index contributed by atoms with van der Waals surface area (Å²) < 4.78 is 1.05. The lowest BCUT2D eigenvalue weighted by Crippen LogP contribution is -2.26. The van der Waals surface area contributed by atoms with Gasteiger partial charge in [0.1, 0.15) is 0 Å². The number of hydrogen-bond donors (Lipinski definition) is 0. The van der Waals surface area contributed by atoms with Crippen LogP contribution in [0.25, 0.3) is 0 Å². The van der Waals surface area contributed by atoms with Crippen molar-refractivity contribution in [1.29, 1.82) is 0 Å². The minimum absolute atomic E-state index is 0.0810. The molecule has 1 aliphatic rings. The molecule has 1 aliphatic heterocycles. The Morgan fingerprint density at radius 3 is 3.06 bits per heavy atom. The van der Waals surface area contributed by atoms with Gasteiger partial charge in [0.05, 0.1) is 13.2 Å². The number of nitrogens with zero attached hydrogens (tertiary/aromatic N) is 1. The topological polar surface area (TPSA) is 29.5 Å². The molecule has 0 bridgehead atoms. The molecule has 0 spiro atoms. The Morgan fingerprint density at radius 2 is 2.38 bits per heavy atom. The van der Waals surface area contributed by atoms with Gasteiger partial charge in [0.15, 0.2) is 0 Å². The van der Waals surface area contributed by atoms with E-state index in [1.54, 1.807) is 0 Å². The summed E-state index contributed by atoms with van der Waals surface area (Å²) in [5.41, 5.74) is 1.17. The Bertz CT molecular complexity index is 375. The minimum Gasteiger partial charge on any atom is -0.273 e. The fraction of sp³-hybridized carbons (Fsp3) is 0.417. The standard InChI is InChI=1S/C12H14BrNO2/c13-11-4-1-3-10(9-11)5-6-12(15)14-7-2-8-16-14/h1,3-4,9H,2,5-8H2. The molecule has 0 saturated carbocycles. The highest BCUT2D eigenvalue weighted by atomic mass is 79.9. The van der Waals surface area contributed by atoms with Crippen molar-refractivity contribution in [2.75, 3.05) is 13.2 Å². The van der Waals surface area contributed by atoms with Crippen LogP contribution in [-0.4, -0.2) is 24.1 Å². The summed E-state index contributed by atoms with van der Waals surface area (Å²) in [6.45, 7) is 1.40. The molecule has 16 heavy (non-hydrogen) atoms. The molecule has 1 saturated heterocycles. The van der Waals surface area contributed by atoms with Crippen molar-refractivity contribution < 1.29 is 9.63 Å². The SMILES string of the molecule is O=C(CCc1cccc(Br)c1)N1CCCO1. The maximum atomic E-state index is 11.7. The van der Waals surface area contributed by atoms with E-state index in [1.165, 1.54) is 10.6 Å². The van der Waals surface area contributed by atoms with Gasteiger partial charge >= 0.3 is 0 Å². The average molecular weight is 284 g/mol. The molecule has 0 aliphatic carbocycles. The zero-order valence-corrected chi connectivity index (χ0v) is 10.6. The number of carbonyl (C=O) groups is 1. The van der Waals surface area contributed by atoms with Crippen LogP contribution in [0, 0.1) is 0 Å². The van der Waals surface area contributed by atoms with Gasteiger partial charge < -0.3 is 0 Å². The van der Waals surface area contributed by atoms with Crippen molar-refractivity contribution >= 4 is 21.8 Å². The second-order valence-corrected chi connectivity index (χ2v) is 4.73. The first-order valence-electron chi connectivity index (χ1n) is 5.43. The quantitative estimate of drug-likeness (QED) is 0.853. The molecule has 1 fully saturated rings. The summed E-state index contributed by atoms with van der Waals surface area (Å²) in [5.74, 6) is 0.0810. The first-order chi connectivity index (χ1) is 7.75. The minimum atomic E-state index is 0.0810. The van der Waals surface area contributed by atoms with Crippen molar-refractivity contribution in [2.24, 2.45) is 0 Å². The predicted octanol–water partition coefficient (Wildman–Crippen LogP) is 2.55. The lowest BCUT2D eigenvalue weighted by molar-refractivity contribution is -0.168. The highest BCUT2D eigenvalue weighted by Crippen LogP contribution is 2.14. The molecule has 0 unspecified atom stereocenters. The van der Waals surface area contributed by atoms with Crippen LogP contribution in [0.1, 0.15) is 18.4 Å². The van der Waals surface area contributed by atoms with E-state index in [9.17, 15) is 4.79 Å². The summed E-state index contributed by atoms with van der Waals surface area (Å²) in [4.78, 5) is 16.9. The van der Waals surface area contributed by atoms with Crippen molar-refractivity contribution in [3.8, 4) is 0 Å². The molecule has 3 nitrogen and oxygen atoms in total. The molecular formula is C12H14BrNO2. The molecule has 1 heterocycles. The van der Waals surface area contributed by atoms with Gasteiger partial charge in [0.2, 0.25) is 5.91 Å². The molecule has 0 atom stereocenters. The van der Waals surface area contributed by atoms with Gasteiger partial charge in [-0.25, -0.2) is 5.06 Å². The molecular weight excluding hydrogens is 270 g/mol. The highest BCUT2D eigenvalue weighted by Gasteiger charge is 2.18. The fourth-order valence-electron chi connectivity index (χ4n) is 1.71. The van der Waals surface area contributed by atoms with Crippen LogP contribution in [0.3, 0.4) is 0 Å². The average Bonchev–Trinajstić information content (AvgIpc) is 2.79. The second kappa shape index (κ2) is 5.46. The van der Waals surface area contributed by atoms with Crippen molar-refractivity contribution in [1.82, 2.24) is 5.06 Å². The van der Waals surface area contributed by atoms with E-state index in [-0.39, 0.29) is 5.91 Å². The normalized spacial score (nSPS) is 15.4. The highest BCUT2D eigenvalue weighted by molar-refractivity contribution is 9.10. The number of hydroxylamine groups is 2. The molecule has 0 N–H and O–H groups in total. The Balaban J connectivity index is 1.84. The lowest BCUT2D eigenvalue weighted by Gasteiger charge is -2.13. The molecule has 0 aromatic heterocycles. The second-order valence-electron chi connectivity index (χ2n) is 3.81. The number of amides is 1. The van der Waals surface area contributed by atoms with Gasteiger partial charge in [-0.15, -0.1) is 0 Å². The van der Waals surface area contributed by atoms with E-state index < -0.39 is 0 Å². The lowest BCUT2D eigenvalue weighted by atomic mass is 10.1. The van der Waals surface area contributed by atoms with Crippen LogP contribution in [0.15, 0.2) is 28.7 Å². The Kier molecular flexibility index (Phi) is 3.96. The van der Waals surface area contributed by atoms with E-state index in [0.29, 0.717) is 13.0 Å². The zero-order valence-electron chi connectivity index (χ0n) is 8.99. The van der Waals surface area contributed by atoms with Crippen LogP contribution in [0.4, 0.5) is 0 Å². The monoisotopic (exact) mass is 283 g/mol. The van der Waals surface area contributed by atoms with Crippen LogP contribution in [0.2, 0.25) is 0 Å². The number of aryl methyl sites for hydroxylation is 1. The molecule has 1 amide bonds. The molecule has 2 rings (SSSR count). The maximum Gasteiger partial charge on any atom is 0.246 e. The first kappa shape index (κ1) is 11.6. The molecule has 1 aromatic carbocycles. The number of rotatable bonds is 3. The summed E-state index contributed by atoms with van der Waals surface area (Å²) in [5, 5.41) is 1.48. The van der Waals surface area contributed by atoms with Crippen molar-refractivity contribution in [3.05, 3.63) is 34.3 Å². The molecule has 86 valence electrons. The van der Waals surface area contributed by atoms with Gasteiger partial charge in [-0.3, -0.25) is 9.63 Å². The van der Waals surface area contributed by atoms with Gasteiger partial charge in [-0.05, 0) is 30.5 Å². The molecule has 4 heteroatoms. The molecule has 1 aromatic rings. The van der Waals surface area contributed by atoms with Gasteiger partial charge in [0.25, 0.3) is 0 Å². The zero-order chi connectivity index (χ0) is 11.4. The summed E-state index contributed by atoms with van der Waals surface area (Å²) >= 11 is 3.42. The van der Waals surface area contributed by atoms with E-state index in [2.05, 4.69) is 15.9 Å². The van der Waals surface area contributed by atoms with E-state index in [0.717, 1.165) is 23.9 Å². The fourth-order valence-corrected chi connectivity index (χ4v) is 2.16. The third kappa shape index (κ3) is 3.06. The number of halogens is 1. The largest absolute Gasteiger partial charge is 0.273 e. The summed E-state index contributed by atoms with van der Waals surface area (Å²) in [7, 11) is 0. The third-order valence-corrected chi connectivity index (χ3v) is 3.04. The van der Waals surface area contributed by atoms with Crippen LogP contribution in [0.5, 0.6) is 0 Å². The van der Waals surface area contributed by atoms with Crippen LogP contribution in [-0.2, 0) is 16.1 Å². The van der Waals surface area contributed by atoms with E-state index >= 15 is 0 Å². The number of carbonyl (C=O) groups excluding carboxylic acids is 1. The Hall–Kier alpha value is -0.870. The van der Waals surface area contributed by atoms with E-state index in [1.807, 2.05) is 24.3 Å². The van der Waals surface area contributed by atoms with Crippen LogP contribution < -0.4 is 0 Å². The smallest absolute Gasteiger partial charge is 0.246 e. The third-order valence-electron chi connectivity index (χ3n) is 2.55. The number of hydrogen-bond acceptors (Lipinski definition) is 2. The maximum absolute atomic E-state index is 11.7. The summed E-state index contributed by atoms with van der Waals surface area (Å²) in [6.07, 6.45) is 2.22. The van der Waals surface area contributed by atoms with Gasteiger partial charge in [0, 0.05) is 10.9 Å². The Morgan fingerprint density at radius 1 is 1.50 bits per heavy atom. The first-order valence-corrected chi connectivity index (χ1v) is 6.23. The van der Waals surface area contributed by atoms with Crippen molar-refractivity contribution in [3.63, 3.8) is 0 Å². The Labute approximate surface area is 103 Å². The van der Waals surface area contributed by atoms with Gasteiger partial charge in [-0.1, -0.05) is 28.1 Å². The van der Waals surface area contributed by atoms with Gasteiger partial charge in [-0.2, -0.15) is 0 Å². The van der Waals surface area contributed by atoms with Crippen LogP contribution >= 0.6 is 15.9 Å². The van der Waals surface area contributed by atoms with E-state index in [4.69, 9.17) is 4.84 Å². The summed E-state index contributed by atoms with van der Waals surface area (Å²) in [6, 6.07) is 8.03. The molecule has 0 radical (unpaired) electrons. The number of benzene rings is 1. The van der Waals surface area contributed by atoms with Crippen molar-refractivity contribution in [2.45, 2.75) is 19.3 Å².